The molecule has 0 bridgehead atoms. The van der Waals surface area contributed by atoms with E-state index in [-0.39, 0.29) is 17.0 Å². The fourth-order valence-electron chi connectivity index (χ4n) is 3.47. The van der Waals surface area contributed by atoms with E-state index in [0.29, 0.717) is 24.4 Å². The molecule has 0 fully saturated rings. The van der Waals surface area contributed by atoms with Gasteiger partial charge in [0.25, 0.3) is 15.9 Å². The van der Waals surface area contributed by atoms with E-state index in [2.05, 4.69) is 5.32 Å². The zero-order valence-electron chi connectivity index (χ0n) is 17.9. The molecule has 0 atom stereocenters. The van der Waals surface area contributed by atoms with Crippen molar-refractivity contribution in [3.63, 3.8) is 0 Å². The molecule has 0 aliphatic carbocycles. The van der Waals surface area contributed by atoms with E-state index in [0.717, 1.165) is 5.56 Å². The lowest BCUT2D eigenvalue weighted by molar-refractivity contribution is -0.123. The predicted octanol–water partition coefficient (Wildman–Crippen LogP) is 2.21. The van der Waals surface area contributed by atoms with Gasteiger partial charge in [0, 0.05) is 6.54 Å². The number of sulfonamides is 1. The molecular formula is C23H21N3O7S. The van der Waals surface area contributed by atoms with Gasteiger partial charge in [-0.2, -0.15) is 0 Å². The van der Waals surface area contributed by atoms with Gasteiger partial charge < -0.3 is 14.5 Å². The molecule has 3 aromatic rings. The largest absolute Gasteiger partial charge is 0.467 e. The molecule has 1 aliphatic rings. The van der Waals surface area contributed by atoms with Gasteiger partial charge in [0.2, 0.25) is 0 Å². The SMILES string of the molecule is O=C(COC(=O)c1cccc(S(=O)(=O)N2CCc3ccccc32)c1)NC(=O)NCc1ccco1. The van der Waals surface area contributed by atoms with Gasteiger partial charge in [-0.05, 0) is 48.4 Å². The van der Waals surface area contributed by atoms with Crippen LogP contribution in [-0.4, -0.2) is 39.5 Å². The number of fused-ring (bicyclic) bond motifs is 1. The number of rotatable bonds is 7. The number of nitrogens with zero attached hydrogens (tertiary/aromatic N) is 1. The molecule has 4 rings (SSSR count). The van der Waals surface area contributed by atoms with Crippen LogP contribution in [0.3, 0.4) is 0 Å². The summed E-state index contributed by atoms with van der Waals surface area (Å²) in [6.45, 7) is -0.337. The zero-order valence-corrected chi connectivity index (χ0v) is 18.7. The number of esters is 1. The maximum atomic E-state index is 13.2. The number of urea groups is 1. The minimum atomic E-state index is -3.89. The van der Waals surface area contributed by atoms with Crippen molar-refractivity contribution in [2.45, 2.75) is 17.9 Å². The normalized spacial score (nSPS) is 12.6. The van der Waals surface area contributed by atoms with Gasteiger partial charge in [0.1, 0.15) is 5.76 Å². The lowest BCUT2D eigenvalue weighted by Crippen LogP contribution is -2.41. The van der Waals surface area contributed by atoms with Gasteiger partial charge in [-0.15, -0.1) is 0 Å². The number of hydrogen-bond acceptors (Lipinski definition) is 7. The lowest BCUT2D eigenvalue weighted by Gasteiger charge is -2.19. The Labute approximate surface area is 195 Å². The molecule has 2 aromatic carbocycles. The van der Waals surface area contributed by atoms with E-state index in [1.165, 1.54) is 34.8 Å². The number of amides is 3. The van der Waals surface area contributed by atoms with Crippen LogP contribution in [0.4, 0.5) is 10.5 Å². The molecule has 1 aromatic heterocycles. The lowest BCUT2D eigenvalue weighted by atomic mass is 10.2. The molecule has 176 valence electrons. The van der Waals surface area contributed by atoms with Crippen molar-refractivity contribution in [2.75, 3.05) is 17.5 Å². The van der Waals surface area contributed by atoms with E-state index in [1.807, 2.05) is 17.4 Å². The molecule has 2 heterocycles. The number of nitrogens with one attached hydrogen (secondary N) is 2. The van der Waals surface area contributed by atoms with Crippen LogP contribution in [0.2, 0.25) is 0 Å². The second-order valence-electron chi connectivity index (χ2n) is 7.37. The summed E-state index contributed by atoms with van der Waals surface area (Å²) >= 11 is 0. The number of anilines is 1. The third-order valence-corrected chi connectivity index (χ3v) is 6.90. The molecule has 11 heteroatoms. The Balaban J connectivity index is 1.35. The first-order valence-corrected chi connectivity index (χ1v) is 11.8. The highest BCUT2D eigenvalue weighted by molar-refractivity contribution is 7.92. The summed E-state index contributed by atoms with van der Waals surface area (Å²) in [7, 11) is -3.89. The molecule has 0 spiro atoms. The number of ether oxygens (including phenoxy) is 1. The first-order valence-electron chi connectivity index (χ1n) is 10.3. The topological polar surface area (TPSA) is 135 Å². The van der Waals surface area contributed by atoms with Crippen LogP contribution in [0.25, 0.3) is 0 Å². The van der Waals surface area contributed by atoms with Crippen molar-refractivity contribution < 1.29 is 32.0 Å². The Morgan fingerprint density at radius 1 is 1.03 bits per heavy atom. The summed E-state index contributed by atoms with van der Waals surface area (Å²) in [5, 5.41) is 4.44. The zero-order chi connectivity index (χ0) is 24.1. The quantitative estimate of drug-likeness (QED) is 0.492. The number of hydrogen-bond donors (Lipinski definition) is 2. The summed E-state index contributed by atoms with van der Waals surface area (Å²) in [5.74, 6) is -1.24. The highest BCUT2D eigenvalue weighted by Crippen LogP contribution is 2.32. The monoisotopic (exact) mass is 483 g/mol. The van der Waals surface area contributed by atoms with E-state index in [1.54, 1.807) is 24.3 Å². The molecule has 0 radical (unpaired) electrons. The first-order chi connectivity index (χ1) is 16.3. The maximum absolute atomic E-state index is 13.2. The van der Waals surface area contributed by atoms with Gasteiger partial charge in [0.15, 0.2) is 6.61 Å². The highest BCUT2D eigenvalue weighted by Gasteiger charge is 2.31. The summed E-state index contributed by atoms with van der Waals surface area (Å²) in [6, 6.07) is 15.2. The van der Waals surface area contributed by atoms with Crippen LogP contribution in [0.1, 0.15) is 21.7 Å². The third kappa shape index (κ3) is 5.09. The van der Waals surface area contributed by atoms with Crippen LogP contribution < -0.4 is 14.9 Å². The number of carbonyl (C=O) groups is 3. The van der Waals surface area contributed by atoms with E-state index < -0.39 is 34.5 Å². The summed E-state index contributed by atoms with van der Waals surface area (Å²) in [6.07, 6.45) is 2.05. The van der Waals surface area contributed by atoms with Crippen molar-refractivity contribution in [3.8, 4) is 0 Å². The number of para-hydroxylation sites is 1. The average Bonchev–Trinajstić information content (AvgIpc) is 3.51. The van der Waals surface area contributed by atoms with Gasteiger partial charge in [0.05, 0.1) is 29.0 Å². The van der Waals surface area contributed by atoms with E-state index in [4.69, 9.17) is 9.15 Å². The second kappa shape index (κ2) is 9.79. The number of carbonyl (C=O) groups excluding carboxylic acids is 3. The molecule has 34 heavy (non-hydrogen) atoms. The molecule has 10 nitrogen and oxygen atoms in total. The van der Waals surface area contributed by atoms with Gasteiger partial charge in [-0.3, -0.25) is 14.4 Å². The minimum absolute atomic E-state index is 0.0383. The average molecular weight is 484 g/mol. The third-order valence-electron chi connectivity index (χ3n) is 5.09. The van der Waals surface area contributed by atoms with Crippen molar-refractivity contribution >= 4 is 33.6 Å². The molecule has 0 saturated heterocycles. The van der Waals surface area contributed by atoms with Crippen LogP contribution >= 0.6 is 0 Å². The fraction of sp³-hybridized carbons (Fsp3) is 0.174. The Kier molecular flexibility index (Phi) is 6.64. The maximum Gasteiger partial charge on any atom is 0.338 e. The summed E-state index contributed by atoms with van der Waals surface area (Å²) < 4.78 is 37.6. The molecule has 0 saturated carbocycles. The Hall–Kier alpha value is -4.12. The molecule has 1 aliphatic heterocycles. The van der Waals surface area contributed by atoms with Gasteiger partial charge in [-0.1, -0.05) is 24.3 Å². The molecule has 3 amide bonds. The Bertz CT molecular complexity index is 1320. The van der Waals surface area contributed by atoms with Crippen molar-refractivity contribution in [1.29, 1.82) is 0 Å². The Morgan fingerprint density at radius 3 is 2.65 bits per heavy atom. The van der Waals surface area contributed by atoms with Crippen molar-refractivity contribution in [2.24, 2.45) is 0 Å². The molecule has 2 N–H and O–H groups in total. The summed E-state index contributed by atoms with van der Waals surface area (Å²) in [4.78, 5) is 35.9. The molecule has 0 unspecified atom stereocenters. The number of furan rings is 1. The van der Waals surface area contributed by atoms with E-state index in [9.17, 15) is 22.8 Å². The van der Waals surface area contributed by atoms with E-state index >= 15 is 0 Å². The van der Waals surface area contributed by atoms with Crippen LogP contribution in [0.5, 0.6) is 0 Å². The first kappa shape index (κ1) is 23.1. The fourth-order valence-corrected chi connectivity index (χ4v) is 5.02. The van der Waals surface area contributed by atoms with Crippen LogP contribution in [-0.2, 0) is 32.5 Å². The minimum Gasteiger partial charge on any atom is -0.467 e. The smallest absolute Gasteiger partial charge is 0.338 e. The van der Waals surface area contributed by atoms with Gasteiger partial charge in [-0.25, -0.2) is 18.0 Å². The van der Waals surface area contributed by atoms with Crippen LogP contribution in [0.15, 0.2) is 76.2 Å². The molecular weight excluding hydrogens is 462 g/mol. The van der Waals surface area contributed by atoms with Gasteiger partial charge >= 0.3 is 12.0 Å². The van der Waals surface area contributed by atoms with Crippen LogP contribution in [0, 0.1) is 0 Å². The Morgan fingerprint density at radius 2 is 1.85 bits per heavy atom. The second-order valence-corrected chi connectivity index (χ2v) is 9.23. The van der Waals surface area contributed by atoms with Crippen molar-refractivity contribution in [3.05, 3.63) is 83.8 Å². The summed E-state index contributed by atoms with van der Waals surface area (Å²) in [5.41, 5.74) is 1.50. The highest BCUT2D eigenvalue weighted by atomic mass is 32.2. The standard InChI is InChI=1S/C23H21N3O7S/c27-21(25-23(29)24-14-18-7-4-12-32-18)15-33-22(28)17-6-3-8-19(13-17)34(30,31)26-11-10-16-5-1-2-9-20(16)26/h1-9,12-13H,10-11,14-15H2,(H2,24,25,27,29). The number of imide groups is 1. The predicted molar refractivity (Wildman–Crippen MR) is 120 cm³/mol. The number of benzene rings is 2. The van der Waals surface area contributed by atoms with Crippen molar-refractivity contribution in [1.82, 2.24) is 10.6 Å².